The number of benzene rings is 1. The van der Waals surface area contributed by atoms with Gasteiger partial charge in [0.25, 0.3) is 5.91 Å². The van der Waals surface area contributed by atoms with Gasteiger partial charge in [0.05, 0.1) is 40.8 Å². The molecule has 0 unspecified atom stereocenters. The van der Waals surface area contributed by atoms with Crippen molar-refractivity contribution in [1.82, 2.24) is 0 Å². The number of halogens is 1. The number of carbonyl (C=O) groups excluding carboxylic acids is 1. The summed E-state index contributed by atoms with van der Waals surface area (Å²) in [5.74, 6) is -0.356. The van der Waals surface area contributed by atoms with Crippen LogP contribution < -0.4 is 8.01 Å². The van der Waals surface area contributed by atoms with Crippen LogP contribution in [0.2, 0.25) is 0 Å². The second-order valence-corrected chi connectivity index (χ2v) is 4.87. The summed E-state index contributed by atoms with van der Waals surface area (Å²) >= 11 is 2.08. The fourth-order valence-electron chi connectivity index (χ4n) is 1.78. The van der Waals surface area contributed by atoms with Crippen molar-refractivity contribution >= 4 is 45.9 Å². The number of nitrogens with zero attached hydrogens (tertiary/aromatic N) is 3. The van der Waals surface area contributed by atoms with Gasteiger partial charge in [0, 0.05) is 7.11 Å². The Kier molecular flexibility index (Phi) is 4.02. The van der Waals surface area contributed by atoms with Crippen LogP contribution in [0.15, 0.2) is 29.4 Å². The molecule has 7 heteroatoms. The molecule has 6 nitrogen and oxygen atoms in total. The molecule has 0 aliphatic carbocycles. The number of anilines is 2. The third-order valence-electron chi connectivity index (χ3n) is 2.59. The molecule has 0 fully saturated rings. The maximum Gasteiger partial charge on any atom is 0.279 e. The standard InChI is InChI=1S/C11H12IN3O3/c1-18-7-14-9-4-2-3-5-10(9)15(12)6-8(13-17)11(14)16/h2-5,17H,6-7H2,1H3/b13-8+. The zero-order valence-corrected chi connectivity index (χ0v) is 11.9. The Balaban J connectivity index is 2.53. The van der Waals surface area contributed by atoms with Gasteiger partial charge in [0.2, 0.25) is 0 Å². The lowest BCUT2D eigenvalue weighted by atomic mass is 10.2. The van der Waals surface area contributed by atoms with Gasteiger partial charge >= 0.3 is 0 Å². The molecule has 0 spiro atoms. The highest BCUT2D eigenvalue weighted by Gasteiger charge is 2.30. The van der Waals surface area contributed by atoms with Gasteiger partial charge in [0.15, 0.2) is 5.71 Å². The second-order valence-electron chi connectivity index (χ2n) is 3.71. The predicted octanol–water partition coefficient (Wildman–Crippen LogP) is 1.62. The largest absolute Gasteiger partial charge is 0.410 e. The molecule has 1 amide bonds. The summed E-state index contributed by atoms with van der Waals surface area (Å²) < 4.78 is 6.87. The van der Waals surface area contributed by atoms with Crippen molar-refractivity contribution in [3.63, 3.8) is 0 Å². The number of hydrogen-bond acceptors (Lipinski definition) is 5. The minimum absolute atomic E-state index is 0.0812. The summed E-state index contributed by atoms with van der Waals surface area (Å²) in [6.07, 6.45) is 0. The minimum atomic E-state index is -0.356. The molecular formula is C11H12IN3O3. The first-order valence-electron chi connectivity index (χ1n) is 5.23. The summed E-state index contributed by atoms with van der Waals surface area (Å²) in [4.78, 5) is 13.6. The first-order chi connectivity index (χ1) is 8.69. The topological polar surface area (TPSA) is 65.4 Å². The Morgan fingerprint density at radius 1 is 1.44 bits per heavy atom. The number of ether oxygens (including phenoxy) is 1. The SMILES string of the molecule is COCN1C(=O)/C(=N/O)CN(I)c2ccccc21. The smallest absolute Gasteiger partial charge is 0.279 e. The fourth-order valence-corrected chi connectivity index (χ4v) is 2.51. The van der Waals surface area contributed by atoms with Crippen molar-refractivity contribution in [3.05, 3.63) is 24.3 Å². The normalized spacial score (nSPS) is 17.9. The molecule has 1 heterocycles. The number of para-hydroxylation sites is 2. The molecule has 0 bridgehead atoms. The van der Waals surface area contributed by atoms with E-state index in [1.54, 1.807) is 0 Å². The van der Waals surface area contributed by atoms with Gasteiger partial charge in [0.1, 0.15) is 6.73 Å². The van der Waals surface area contributed by atoms with Crippen molar-refractivity contribution in [2.75, 3.05) is 28.4 Å². The summed E-state index contributed by atoms with van der Waals surface area (Å²) in [7, 11) is 1.51. The van der Waals surface area contributed by atoms with E-state index in [1.165, 1.54) is 12.0 Å². The number of fused-ring (bicyclic) bond motifs is 1. The quantitative estimate of drug-likeness (QED) is 0.376. The number of rotatable bonds is 2. The van der Waals surface area contributed by atoms with Crippen LogP contribution in [-0.4, -0.2) is 37.2 Å². The van der Waals surface area contributed by atoms with Gasteiger partial charge in [-0.2, -0.15) is 0 Å². The maximum absolute atomic E-state index is 12.2. The Labute approximate surface area is 118 Å². The minimum Gasteiger partial charge on any atom is -0.410 e. The summed E-state index contributed by atoms with van der Waals surface area (Å²) in [5.41, 5.74) is 1.69. The van der Waals surface area contributed by atoms with Gasteiger partial charge in [-0.05, 0) is 12.1 Å². The predicted molar refractivity (Wildman–Crippen MR) is 76.4 cm³/mol. The third kappa shape index (κ3) is 2.27. The summed E-state index contributed by atoms with van der Waals surface area (Å²) in [5, 5.41) is 12.0. The fraction of sp³-hybridized carbons (Fsp3) is 0.273. The van der Waals surface area contributed by atoms with E-state index in [9.17, 15) is 4.79 Å². The molecule has 0 aromatic heterocycles. The van der Waals surface area contributed by atoms with Crippen molar-refractivity contribution in [2.24, 2.45) is 5.16 Å². The molecular weight excluding hydrogens is 349 g/mol. The lowest BCUT2D eigenvalue weighted by molar-refractivity contribution is -0.113. The van der Waals surface area contributed by atoms with Crippen LogP contribution in [0.5, 0.6) is 0 Å². The highest BCUT2D eigenvalue weighted by atomic mass is 127. The van der Waals surface area contributed by atoms with E-state index in [4.69, 9.17) is 9.94 Å². The van der Waals surface area contributed by atoms with Crippen LogP contribution in [-0.2, 0) is 9.53 Å². The number of amides is 1. The van der Waals surface area contributed by atoms with Crippen molar-refractivity contribution in [1.29, 1.82) is 0 Å². The molecule has 18 heavy (non-hydrogen) atoms. The average Bonchev–Trinajstić information content (AvgIpc) is 2.49. The lowest BCUT2D eigenvalue weighted by Gasteiger charge is -2.22. The van der Waals surface area contributed by atoms with E-state index in [0.29, 0.717) is 0 Å². The first-order valence-corrected chi connectivity index (χ1v) is 6.19. The summed E-state index contributed by atoms with van der Waals surface area (Å²) in [6.45, 7) is 0.354. The molecule has 96 valence electrons. The van der Waals surface area contributed by atoms with E-state index < -0.39 is 0 Å². The molecule has 1 aliphatic rings. The molecule has 0 saturated carbocycles. The van der Waals surface area contributed by atoms with E-state index >= 15 is 0 Å². The highest BCUT2D eigenvalue weighted by Crippen LogP contribution is 2.33. The van der Waals surface area contributed by atoms with Crippen molar-refractivity contribution < 1.29 is 14.7 Å². The Morgan fingerprint density at radius 2 is 2.11 bits per heavy atom. The average molecular weight is 361 g/mol. The van der Waals surface area contributed by atoms with Crippen LogP contribution in [0.25, 0.3) is 0 Å². The van der Waals surface area contributed by atoms with Crippen LogP contribution >= 0.6 is 22.9 Å². The number of methoxy groups -OCH3 is 1. The highest BCUT2D eigenvalue weighted by molar-refractivity contribution is 14.1. The molecule has 1 aromatic carbocycles. The second kappa shape index (κ2) is 5.53. The Morgan fingerprint density at radius 3 is 2.72 bits per heavy atom. The molecule has 1 aliphatic heterocycles. The Bertz CT molecular complexity index is 492. The van der Waals surface area contributed by atoms with Gasteiger partial charge in [-0.25, -0.2) is 0 Å². The zero-order chi connectivity index (χ0) is 13.1. The van der Waals surface area contributed by atoms with Crippen LogP contribution in [0.4, 0.5) is 11.4 Å². The zero-order valence-electron chi connectivity index (χ0n) is 9.71. The van der Waals surface area contributed by atoms with Crippen LogP contribution in [0, 0.1) is 0 Å². The summed E-state index contributed by atoms with van der Waals surface area (Å²) in [6, 6.07) is 7.47. The molecule has 0 atom stereocenters. The van der Waals surface area contributed by atoms with Gasteiger partial charge in [-0.1, -0.05) is 17.3 Å². The van der Waals surface area contributed by atoms with Crippen molar-refractivity contribution in [2.45, 2.75) is 0 Å². The molecule has 1 N–H and O–H groups in total. The van der Waals surface area contributed by atoms with E-state index in [2.05, 4.69) is 28.0 Å². The molecule has 0 radical (unpaired) electrons. The first kappa shape index (κ1) is 13.1. The van der Waals surface area contributed by atoms with Gasteiger partial charge in [-0.3, -0.25) is 9.69 Å². The van der Waals surface area contributed by atoms with E-state index in [1.807, 2.05) is 27.4 Å². The van der Waals surface area contributed by atoms with Gasteiger partial charge in [-0.15, -0.1) is 0 Å². The number of hydrogen-bond donors (Lipinski definition) is 1. The van der Waals surface area contributed by atoms with Crippen molar-refractivity contribution in [3.8, 4) is 0 Å². The van der Waals surface area contributed by atoms with Gasteiger partial charge < -0.3 is 13.1 Å². The number of carbonyl (C=O) groups is 1. The number of oxime groups is 1. The maximum atomic E-state index is 12.2. The molecule has 1 aromatic rings. The lowest BCUT2D eigenvalue weighted by Crippen LogP contribution is -2.38. The van der Waals surface area contributed by atoms with Crippen LogP contribution in [0.3, 0.4) is 0 Å². The van der Waals surface area contributed by atoms with Crippen LogP contribution in [0.1, 0.15) is 0 Å². The third-order valence-corrected chi connectivity index (χ3v) is 3.45. The van der Waals surface area contributed by atoms with E-state index in [-0.39, 0.29) is 24.9 Å². The molecule has 2 rings (SSSR count). The Hall–Kier alpha value is -1.35. The van der Waals surface area contributed by atoms with E-state index in [0.717, 1.165) is 11.4 Å². The molecule has 0 saturated heterocycles. The monoisotopic (exact) mass is 361 g/mol.